The highest BCUT2D eigenvalue weighted by Crippen LogP contribution is 2.40. The van der Waals surface area contributed by atoms with E-state index in [0.717, 1.165) is 32.1 Å². The molecular formula is C42H70O6Si2. The minimum absolute atomic E-state index is 0.0278. The van der Waals surface area contributed by atoms with Gasteiger partial charge in [-0.1, -0.05) is 115 Å². The van der Waals surface area contributed by atoms with Crippen molar-refractivity contribution in [2.45, 2.75) is 173 Å². The van der Waals surface area contributed by atoms with E-state index in [1.807, 2.05) is 6.08 Å². The second kappa shape index (κ2) is 18.3. The summed E-state index contributed by atoms with van der Waals surface area (Å²) in [5.41, 5.74) is 2.51. The highest BCUT2D eigenvalue weighted by atomic mass is 28.4. The van der Waals surface area contributed by atoms with E-state index in [4.69, 9.17) is 23.1 Å². The predicted molar refractivity (Wildman–Crippen MR) is 213 cm³/mol. The fourth-order valence-electron chi connectivity index (χ4n) is 6.10. The molecule has 6 nitrogen and oxygen atoms in total. The van der Waals surface area contributed by atoms with Crippen LogP contribution in [0.1, 0.15) is 100 Å². The zero-order chi connectivity index (χ0) is 37.3. The van der Waals surface area contributed by atoms with Crippen molar-refractivity contribution in [3.8, 4) is 0 Å². The normalized spacial score (nSPS) is 30.0. The Labute approximate surface area is 307 Å². The molecule has 3 rings (SSSR count). The lowest BCUT2D eigenvalue weighted by molar-refractivity contribution is -0.146. The molecule has 0 saturated heterocycles. The average Bonchev–Trinajstić information content (AvgIpc) is 2.97. The number of hydrogen-bond acceptors (Lipinski definition) is 6. The summed E-state index contributed by atoms with van der Waals surface area (Å²) in [7, 11) is -4.36. The first-order valence-electron chi connectivity index (χ1n) is 19.0. The molecular weight excluding hydrogens is 657 g/mol. The maximum atomic E-state index is 13.5. The zero-order valence-corrected chi connectivity index (χ0v) is 35.6. The molecule has 50 heavy (non-hydrogen) atoms. The molecule has 3 aliphatic heterocycles. The van der Waals surface area contributed by atoms with Crippen molar-refractivity contribution in [2.75, 3.05) is 6.61 Å². The van der Waals surface area contributed by atoms with Crippen LogP contribution >= 0.6 is 0 Å². The van der Waals surface area contributed by atoms with Crippen LogP contribution < -0.4 is 0 Å². The molecule has 0 aliphatic carbocycles. The number of carbonyl (C=O) groups is 1. The molecule has 0 spiro atoms. The van der Waals surface area contributed by atoms with Gasteiger partial charge in [0.25, 0.3) is 0 Å². The smallest absolute Gasteiger partial charge is 0.330 e. The Balaban J connectivity index is 2.02. The summed E-state index contributed by atoms with van der Waals surface area (Å²) in [4.78, 5) is 13.5. The standard InChI is InChI=1S/C42H70O6Si2/c1-31-25-26-44-35(28-31)23-24-39(48-50(12,13)42(7,8)9)38-21-15-20-37(47-49(10,11)41(4,5)6)30-33(3)27-32(2)29-36-19-14-17-34(45-36)18-16-22-40(43)46-38/h14-17,20,22-25,32,34-39H,3,18-19,21,26-30H2,1-2,4-13H3/b20-15+,22-16?,24-23+/t32-,34-,35+,36-,37?,38-,39-/m0/s1. The van der Waals surface area contributed by atoms with Crippen molar-refractivity contribution >= 4 is 22.6 Å². The summed E-state index contributed by atoms with van der Waals surface area (Å²) in [6.45, 7) is 32.2. The molecule has 1 unspecified atom stereocenters. The first-order chi connectivity index (χ1) is 23.1. The fraction of sp³-hybridized carbons (Fsp3) is 0.690. The number of hydrogen-bond donors (Lipinski definition) is 0. The van der Waals surface area contributed by atoms with Crippen LogP contribution in [0.3, 0.4) is 0 Å². The van der Waals surface area contributed by atoms with E-state index in [1.165, 1.54) is 11.1 Å². The van der Waals surface area contributed by atoms with E-state index in [2.05, 4.69) is 131 Å². The molecule has 0 aromatic rings. The summed E-state index contributed by atoms with van der Waals surface area (Å²) in [6, 6.07) is 0. The molecule has 3 aliphatic rings. The SMILES string of the molecule is C=C1CC(O[Si](C)(C)C(C)(C)C)/C=C/C[C@@H]([C@H](/C=C/[C@@H]2CC(C)=CCO2)O[Si](C)(C)C(C)(C)C)OC(=O)C=CC[C@@H]2C=CC[C@@H](C[C@@H](C)C1)O2. The molecule has 282 valence electrons. The van der Waals surface area contributed by atoms with Crippen molar-refractivity contribution < 1.29 is 27.9 Å². The predicted octanol–water partition coefficient (Wildman–Crippen LogP) is 11.0. The highest BCUT2D eigenvalue weighted by molar-refractivity contribution is 6.74. The first kappa shape index (κ1) is 42.6. The van der Waals surface area contributed by atoms with Gasteiger partial charge < -0.3 is 23.1 Å². The summed E-state index contributed by atoms with van der Waals surface area (Å²) in [6.07, 6.45) is 22.9. The molecule has 2 bridgehead atoms. The van der Waals surface area contributed by atoms with Gasteiger partial charge in [0.15, 0.2) is 16.6 Å². The van der Waals surface area contributed by atoms with Crippen molar-refractivity contribution in [3.63, 3.8) is 0 Å². The molecule has 0 amide bonds. The van der Waals surface area contributed by atoms with E-state index in [0.29, 0.717) is 25.4 Å². The monoisotopic (exact) mass is 726 g/mol. The van der Waals surface area contributed by atoms with Gasteiger partial charge in [0.2, 0.25) is 0 Å². The average molecular weight is 727 g/mol. The minimum Gasteiger partial charge on any atom is -0.456 e. The Morgan fingerprint density at radius 2 is 1.60 bits per heavy atom. The van der Waals surface area contributed by atoms with Crippen molar-refractivity contribution in [3.05, 3.63) is 72.4 Å². The van der Waals surface area contributed by atoms with Crippen LogP contribution in [0.15, 0.2) is 72.4 Å². The van der Waals surface area contributed by atoms with Crippen molar-refractivity contribution in [2.24, 2.45) is 5.92 Å². The molecule has 0 fully saturated rings. The topological polar surface area (TPSA) is 63.2 Å². The summed E-state index contributed by atoms with van der Waals surface area (Å²) < 4.78 is 32.9. The number of rotatable bonds is 7. The Hall–Kier alpha value is -1.82. The lowest BCUT2D eigenvalue weighted by Crippen LogP contribution is -2.47. The molecule has 3 heterocycles. The highest BCUT2D eigenvalue weighted by Gasteiger charge is 2.41. The van der Waals surface area contributed by atoms with Gasteiger partial charge in [0.05, 0.1) is 31.0 Å². The van der Waals surface area contributed by atoms with Crippen LogP contribution in [0.4, 0.5) is 0 Å². The zero-order valence-electron chi connectivity index (χ0n) is 33.6. The summed E-state index contributed by atoms with van der Waals surface area (Å²) in [5, 5.41) is 0.0376. The molecule has 0 saturated carbocycles. The van der Waals surface area contributed by atoms with Crippen LogP contribution in [0.5, 0.6) is 0 Å². The van der Waals surface area contributed by atoms with E-state index in [1.54, 1.807) is 6.08 Å². The molecule has 7 atom stereocenters. The van der Waals surface area contributed by atoms with Crippen LogP contribution in [-0.2, 0) is 27.9 Å². The Kier molecular flexibility index (Phi) is 15.6. The van der Waals surface area contributed by atoms with Gasteiger partial charge in [-0.25, -0.2) is 4.79 Å². The fourth-order valence-corrected chi connectivity index (χ4v) is 8.64. The lowest BCUT2D eigenvalue weighted by Gasteiger charge is -2.40. The van der Waals surface area contributed by atoms with Crippen LogP contribution in [0.25, 0.3) is 0 Å². The number of fused-ring (bicyclic) bond motifs is 2. The third-order valence-corrected chi connectivity index (χ3v) is 20.1. The largest absolute Gasteiger partial charge is 0.456 e. The Morgan fingerprint density at radius 1 is 0.920 bits per heavy atom. The Morgan fingerprint density at radius 3 is 2.26 bits per heavy atom. The number of carbonyl (C=O) groups excluding carboxylic acids is 1. The van der Waals surface area contributed by atoms with Gasteiger partial charge >= 0.3 is 5.97 Å². The summed E-state index contributed by atoms with van der Waals surface area (Å²) in [5.74, 6) is 0.0697. The van der Waals surface area contributed by atoms with Crippen LogP contribution in [0, 0.1) is 5.92 Å². The van der Waals surface area contributed by atoms with Crippen LogP contribution in [0.2, 0.25) is 36.3 Å². The molecule has 8 heteroatoms. The van der Waals surface area contributed by atoms with Crippen LogP contribution in [-0.4, -0.2) is 65.8 Å². The van der Waals surface area contributed by atoms with Crippen molar-refractivity contribution in [1.82, 2.24) is 0 Å². The van der Waals surface area contributed by atoms with E-state index < -0.39 is 28.8 Å². The molecule has 0 aromatic heterocycles. The molecule has 0 radical (unpaired) electrons. The third kappa shape index (κ3) is 13.6. The van der Waals surface area contributed by atoms with Gasteiger partial charge in [-0.15, -0.1) is 0 Å². The maximum absolute atomic E-state index is 13.5. The number of ether oxygens (including phenoxy) is 3. The number of esters is 1. The van der Waals surface area contributed by atoms with E-state index in [9.17, 15) is 4.79 Å². The number of cyclic esters (lactones) is 1. The summed E-state index contributed by atoms with van der Waals surface area (Å²) >= 11 is 0. The van der Waals surface area contributed by atoms with Gasteiger partial charge in [-0.2, -0.15) is 0 Å². The Bertz CT molecular complexity index is 1280. The maximum Gasteiger partial charge on any atom is 0.330 e. The third-order valence-electron chi connectivity index (χ3n) is 11.2. The minimum atomic E-state index is -2.27. The first-order valence-corrected chi connectivity index (χ1v) is 24.8. The molecule has 0 aromatic carbocycles. The van der Waals surface area contributed by atoms with Crippen molar-refractivity contribution in [1.29, 1.82) is 0 Å². The second-order valence-electron chi connectivity index (χ2n) is 18.0. The van der Waals surface area contributed by atoms with Gasteiger partial charge in [0, 0.05) is 12.5 Å². The van der Waals surface area contributed by atoms with Gasteiger partial charge in [-0.05, 0) is 87.6 Å². The van der Waals surface area contributed by atoms with Gasteiger partial charge in [-0.3, -0.25) is 0 Å². The van der Waals surface area contributed by atoms with Gasteiger partial charge in [0.1, 0.15) is 12.2 Å². The molecule has 0 N–H and O–H groups in total. The van der Waals surface area contributed by atoms with E-state index >= 15 is 0 Å². The quantitative estimate of drug-likeness (QED) is 0.148. The second-order valence-corrected chi connectivity index (χ2v) is 27.5. The van der Waals surface area contributed by atoms with E-state index in [-0.39, 0.29) is 40.5 Å². The lowest BCUT2D eigenvalue weighted by atomic mass is 9.91.